The maximum atomic E-state index is 12.2. The summed E-state index contributed by atoms with van der Waals surface area (Å²) in [6.45, 7) is 0.137. The Morgan fingerprint density at radius 2 is 2.21 bits per heavy atom. The van der Waals surface area contributed by atoms with Gasteiger partial charge in [-0.15, -0.1) is 0 Å². The van der Waals surface area contributed by atoms with E-state index in [0.29, 0.717) is 22.7 Å². The van der Waals surface area contributed by atoms with Crippen LogP contribution in [0.4, 0.5) is 5.69 Å². The zero-order valence-electron chi connectivity index (χ0n) is 9.72. The number of carbonyl (C=O) groups excluding carboxylic acids is 1. The van der Waals surface area contributed by atoms with Crippen molar-refractivity contribution in [2.75, 3.05) is 12.1 Å². The summed E-state index contributed by atoms with van der Waals surface area (Å²) in [6.07, 6.45) is 3.22. The second-order valence-corrected chi connectivity index (χ2v) is 4.80. The van der Waals surface area contributed by atoms with Gasteiger partial charge in [0.15, 0.2) is 11.5 Å². The lowest BCUT2D eigenvalue weighted by Crippen LogP contribution is -2.12. The molecule has 1 amide bonds. The molecule has 0 aliphatic carbocycles. The van der Waals surface area contributed by atoms with Gasteiger partial charge in [-0.05, 0) is 34.1 Å². The molecule has 1 aromatic carbocycles. The monoisotopic (exact) mass is 320 g/mol. The number of benzene rings is 1. The molecular weight excluding hydrogens is 312 g/mol. The third kappa shape index (κ3) is 2.39. The summed E-state index contributed by atoms with van der Waals surface area (Å²) in [4.78, 5) is 16.2. The summed E-state index contributed by atoms with van der Waals surface area (Å²) in [6, 6.07) is 6.97. The van der Waals surface area contributed by atoms with Crippen molar-refractivity contribution in [3.8, 4) is 11.5 Å². The predicted octanol–water partition coefficient (Wildman–Crippen LogP) is 2.83. The molecule has 0 spiro atoms. The van der Waals surface area contributed by atoms with Gasteiger partial charge < -0.3 is 14.8 Å². The zero-order chi connectivity index (χ0) is 13.2. The molecule has 0 saturated heterocycles. The van der Waals surface area contributed by atoms with Crippen molar-refractivity contribution >= 4 is 27.5 Å². The van der Waals surface area contributed by atoms with Crippen molar-refractivity contribution in [1.82, 2.24) is 4.98 Å². The van der Waals surface area contributed by atoms with E-state index >= 15 is 0 Å². The second-order valence-electron chi connectivity index (χ2n) is 3.89. The lowest BCUT2D eigenvalue weighted by atomic mass is 10.1. The minimum atomic E-state index is -0.262. The Balaban J connectivity index is 1.87. The van der Waals surface area contributed by atoms with Gasteiger partial charge in [0.1, 0.15) is 0 Å². The average molecular weight is 321 g/mol. The van der Waals surface area contributed by atoms with Crippen LogP contribution in [-0.4, -0.2) is 17.7 Å². The molecule has 19 heavy (non-hydrogen) atoms. The third-order valence-electron chi connectivity index (χ3n) is 2.60. The Morgan fingerprint density at radius 3 is 3.05 bits per heavy atom. The fraction of sp³-hybridized carbons (Fsp3) is 0.0769. The van der Waals surface area contributed by atoms with E-state index in [2.05, 4.69) is 26.2 Å². The first-order valence-corrected chi connectivity index (χ1v) is 6.34. The van der Waals surface area contributed by atoms with Crippen LogP contribution in [0.3, 0.4) is 0 Å². The number of fused-ring (bicyclic) bond motifs is 1. The number of rotatable bonds is 2. The van der Waals surface area contributed by atoms with Gasteiger partial charge in [0.2, 0.25) is 6.79 Å². The minimum Gasteiger partial charge on any atom is -0.454 e. The highest BCUT2D eigenvalue weighted by molar-refractivity contribution is 9.10. The van der Waals surface area contributed by atoms with Crippen LogP contribution in [0.15, 0.2) is 41.1 Å². The number of carbonyl (C=O) groups is 1. The molecule has 0 fully saturated rings. The number of hydrogen-bond donors (Lipinski definition) is 1. The van der Waals surface area contributed by atoms with Gasteiger partial charge in [-0.3, -0.25) is 9.78 Å². The fourth-order valence-corrected chi connectivity index (χ4v) is 2.15. The van der Waals surface area contributed by atoms with Crippen LogP contribution in [0.25, 0.3) is 0 Å². The number of ether oxygens (including phenoxy) is 2. The van der Waals surface area contributed by atoms with E-state index in [1.807, 2.05) is 0 Å². The normalized spacial score (nSPS) is 12.3. The lowest BCUT2D eigenvalue weighted by Gasteiger charge is -2.07. The van der Waals surface area contributed by atoms with E-state index < -0.39 is 0 Å². The molecule has 0 unspecified atom stereocenters. The topological polar surface area (TPSA) is 60.5 Å². The molecule has 3 rings (SSSR count). The first-order valence-electron chi connectivity index (χ1n) is 5.54. The third-order valence-corrected chi connectivity index (χ3v) is 3.04. The molecule has 2 aromatic rings. The molecule has 1 aliphatic rings. The molecule has 0 saturated carbocycles. The number of anilines is 1. The van der Waals surface area contributed by atoms with Crippen molar-refractivity contribution in [1.29, 1.82) is 0 Å². The number of amides is 1. The van der Waals surface area contributed by atoms with Crippen LogP contribution >= 0.6 is 15.9 Å². The number of halogens is 1. The van der Waals surface area contributed by atoms with Gasteiger partial charge in [0, 0.05) is 10.7 Å². The van der Waals surface area contributed by atoms with Gasteiger partial charge in [0.25, 0.3) is 5.91 Å². The smallest absolute Gasteiger partial charge is 0.259 e. The van der Waals surface area contributed by atoms with Crippen molar-refractivity contribution in [3.63, 3.8) is 0 Å². The van der Waals surface area contributed by atoms with E-state index in [4.69, 9.17) is 9.47 Å². The average Bonchev–Trinajstić information content (AvgIpc) is 2.86. The predicted molar refractivity (Wildman–Crippen MR) is 72.5 cm³/mol. The summed E-state index contributed by atoms with van der Waals surface area (Å²) in [5.74, 6) is 0.797. The molecule has 1 aromatic heterocycles. The van der Waals surface area contributed by atoms with E-state index in [0.717, 1.165) is 4.47 Å². The number of aromatic nitrogens is 1. The van der Waals surface area contributed by atoms with Crippen LogP contribution in [0, 0.1) is 0 Å². The maximum Gasteiger partial charge on any atom is 0.259 e. The highest BCUT2D eigenvalue weighted by Gasteiger charge is 2.21. The Hall–Kier alpha value is -2.08. The Labute approximate surface area is 117 Å². The summed E-state index contributed by atoms with van der Waals surface area (Å²) < 4.78 is 11.3. The number of nitrogens with one attached hydrogen (secondary N) is 1. The first-order chi connectivity index (χ1) is 9.24. The fourth-order valence-electron chi connectivity index (χ4n) is 1.79. The quantitative estimate of drug-likeness (QED) is 0.924. The summed E-state index contributed by atoms with van der Waals surface area (Å²) in [5.41, 5.74) is 1.05. The van der Waals surface area contributed by atoms with E-state index in [9.17, 15) is 4.79 Å². The van der Waals surface area contributed by atoms with E-state index in [-0.39, 0.29) is 12.7 Å². The molecule has 6 heteroatoms. The van der Waals surface area contributed by atoms with Crippen molar-refractivity contribution in [2.45, 2.75) is 0 Å². The molecular formula is C13H9BrN2O3. The molecule has 5 nitrogen and oxygen atoms in total. The molecule has 1 N–H and O–H groups in total. The van der Waals surface area contributed by atoms with Crippen molar-refractivity contribution in [2.24, 2.45) is 0 Å². The van der Waals surface area contributed by atoms with Gasteiger partial charge in [0.05, 0.1) is 17.4 Å². The largest absolute Gasteiger partial charge is 0.454 e. The molecule has 0 atom stereocenters. The SMILES string of the molecule is O=C(Nc1cncc(Br)c1)c1cccc2c1OCO2. The molecule has 0 radical (unpaired) electrons. The number of pyridine rings is 1. The van der Waals surface area contributed by atoms with Gasteiger partial charge in [-0.2, -0.15) is 0 Å². The lowest BCUT2D eigenvalue weighted by molar-refractivity contribution is 0.102. The summed E-state index contributed by atoms with van der Waals surface area (Å²) in [7, 11) is 0. The van der Waals surface area contributed by atoms with Crippen LogP contribution in [-0.2, 0) is 0 Å². The number of hydrogen-bond acceptors (Lipinski definition) is 4. The van der Waals surface area contributed by atoms with Crippen LogP contribution < -0.4 is 14.8 Å². The Bertz CT molecular complexity index is 646. The van der Waals surface area contributed by atoms with E-state index in [1.54, 1.807) is 36.7 Å². The molecule has 2 heterocycles. The Kier molecular flexibility index (Phi) is 3.08. The molecule has 1 aliphatic heterocycles. The molecule has 0 bridgehead atoms. The number of nitrogens with zero attached hydrogens (tertiary/aromatic N) is 1. The van der Waals surface area contributed by atoms with Crippen LogP contribution in [0.5, 0.6) is 11.5 Å². The summed E-state index contributed by atoms with van der Waals surface area (Å²) >= 11 is 3.30. The van der Waals surface area contributed by atoms with Gasteiger partial charge in [-0.1, -0.05) is 6.07 Å². The second kappa shape index (κ2) is 4.89. The van der Waals surface area contributed by atoms with Gasteiger partial charge >= 0.3 is 0 Å². The molecule has 96 valence electrons. The first kappa shape index (κ1) is 12.0. The minimum absolute atomic E-state index is 0.137. The van der Waals surface area contributed by atoms with Crippen molar-refractivity contribution < 1.29 is 14.3 Å². The summed E-state index contributed by atoms with van der Waals surface area (Å²) in [5, 5.41) is 2.76. The number of para-hydroxylation sites is 1. The van der Waals surface area contributed by atoms with Crippen LogP contribution in [0.1, 0.15) is 10.4 Å². The zero-order valence-corrected chi connectivity index (χ0v) is 11.3. The highest BCUT2D eigenvalue weighted by Crippen LogP contribution is 2.35. The highest BCUT2D eigenvalue weighted by atomic mass is 79.9. The maximum absolute atomic E-state index is 12.2. The standard InChI is InChI=1S/C13H9BrN2O3/c14-8-4-9(6-15-5-8)16-13(17)10-2-1-3-11-12(10)19-7-18-11/h1-6H,7H2,(H,16,17). The van der Waals surface area contributed by atoms with Gasteiger partial charge in [-0.25, -0.2) is 0 Å². The van der Waals surface area contributed by atoms with Crippen molar-refractivity contribution in [3.05, 3.63) is 46.7 Å². The Morgan fingerprint density at radius 1 is 1.32 bits per heavy atom. The van der Waals surface area contributed by atoms with E-state index in [1.165, 1.54) is 0 Å². The van der Waals surface area contributed by atoms with Crippen LogP contribution in [0.2, 0.25) is 0 Å².